The summed E-state index contributed by atoms with van der Waals surface area (Å²) in [6.07, 6.45) is 2.04. The van der Waals surface area contributed by atoms with Crippen LogP contribution in [0.3, 0.4) is 0 Å². The van der Waals surface area contributed by atoms with Crippen molar-refractivity contribution in [2.24, 2.45) is 5.92 Å². The third-order valence-electron chi connectivity index (χ3n) is 3.56. The third-order valence-corrected chi connectivity index (χ3v) is 3.56. The van der Waals surface area contributed by atoms with E-state index in [2.05, 4.69) is 5.32 Å². The van der Waals surface area contributed by atoms with Gasteiger partial charge in [-0.15, -0.1) is 0 Å². The number of rotatable bonds is 4. The molecule has 1 amide bonds. The fourth-order valence-electron chi connectivity index (χ4n) is 2.41. The number of nitrogens with one attached hydrogen (secondary N) is 1. The zero-order chi connectivity index (χ0) is 13.9. The Morgan fingerprint density at radius 3 is 2.74 bits per heavy atom. The molecule has 19 heavy (non-hydrogen) atoms. The fourth-order valence-corrected chi connectivity index (χ4v) is 2.41. The van der Waals surface area contributed by atoms with Crippen LogP contribution in [0.1, 0.15) is 33.6 Å². The average molecular weight is 270 g/mol. The van der Waals surface area contributed by atoms with Crippen molar-refractivity contribution in [1.29, 1.82) is 0 Å². The lowest BCUT2D eigenvalue weighted by atomic mass is 10.0. The molecule has 2 fully saturated rings. The lowest BCUT2D eigenvalue weighted by Crippen LogP contribution is -2.46. The summed E-state index contributed by atoms with van der Waals surface area (Å²) in [4.78, 5) is 13.8. The van der Waals surface area contributed by atoms with E-state index in [1.165, 1.54) is 0 Å². The second-order valence-corrected chi connectivity index (χ2v) is 6.56. The molecule has 2 heterocycles. The van der Waals surface area contributed by atoms with E-state index in [4.69, 9.17) is 9.47 Å². The van der Waals surface area contributed by atoms with Crippen LogP contribution >= 0.6 is 0 Å². The summed E-state index contributed by atoms with van der Waals surface area (Å²) >= 11 is 0. The molecule has 0 aromatic rings. The molecule has 1 N–H and O–H groups in total. The molecule has 0 radical (unpaired) electrons. The van der Waals surface area contributed by atoms with Gasteiger partial charge in [0.15, 0.2) is 0 Å². The topological polar surface area (TPSA) is 50.8 Å². The molecule has 0 aliphatic carbocycles. The van der Waals surface area contributed by atoms with Crippen molar-refractivity contribution in [3.8, 4) is 0 Å². The zero-order valence-corrected chi connectivity index (χ0v) is 12.3. The number of hydrogen-bond acceptors (Lipinski definition) is 4. The molecule has 1 atom stereocenters. The zero-order valence-electron chi connectivity index (χ0n) is 12.3. The lowest BCUT2D eigenvalue weighted by Gasteiger charge is -2.27. The smallest absolute Gasteiger partial charge is 0.410 e. The molecule has 5 heteroatoms. The number of carbonyl (C=O) groups is 1. The van der Waals surface area contributed by atoms with Crippen molar-refractivity contribution in [3.05, 3.63) is 0 Å². The Morgan fingerprint density at radius 2 is 2.16 bits per heavy atom. The van der Waals surface area contributed by atoms with Gasteiger partial charge in [-0.3, -0.25) is 0 Å². The maximum atomic E-state index is 11.9. The molecule has 0 bridgehead atoms. The summed E-state index contributed by atoms with van der Waals surface area (Å²) in [5.41, 5.74) is -0.402. The van der Waals surface area contributed by atoms with Crippen LogP contribution in [-0.4, -0.2) is 55.5 Å². The Hall–Kier alpha value is -0.810. The van der Waals surface area contributed by atoms with Gasteiger partial charge in [-0.25, -0.2) is 4.79 Å². The Kier molecular flexibility index (Phi) is 4.68. The first kappa shape index (κ1) is 14.6. The van der Waals surface area contributed by atoms with Crippen LogP contribution in [0, 0.1) is 5.92 Å². The van der Waals surface area contributed by atoms with E-state index >= 15 is 0 Å². The van der Waals surface area contributed by atoms with Gasteiger partial charge < -0.3 is 19.7 Å². The Labute approximate surface area is 115 Å². The van der Waals surface area contributed by atoms with Gasteiger partial charge in [-0.1, -0.05) is 0 Å². The normalized spacial score (nSPS) is 24.4. The van der Waals surface area contributed by atoms with Gasteiger partial charge in [0.05, 0.1) is 19.3 Å². The first-order valence-corrected chi connectivity index (χ1v) is 7.23. The van der Waals surface area contributed by atoms with E-state index in [1.54, 1.807) is 0 Å². The van der Waals surface area contributed by atoms with Crippen LogP contribution in [0.4, 0.5) is 4.79 Å². The van der Waals surface area contributed by atoms with E-state index < -0.39 is 5.60 Å². The van der Waals surface area contributed by atoms with Crippen molar-refractivity contribution in [1.82, 2.24) is 10.2 Å². The van der Waals surface area contributed by atoms with Crippen LogP contribution in [0.25, 0.3) is 0 Å². The second kappa shape index (κ2) is 6.09. The molecule has 0 spiro atoms. The highest BCUT2D eigenvalue weighted by atomic mass is 16.6. The van der Waals surface area contributed by atoms with Gasteiger partial charge in [0.2, 0.25) is 0 Å². The molecule has 110 valence electrons. The fraction of sp³-hybridized carbons (Fsp3) is 0.929. The second-order valence-electron chi connectivity index (χ2n) is 6.56. The summed E-state index contributed by atoms with van der Waals surface area (Å²) in [6, 6.07) is 0.545. The van der Waals surface area contributed by atoms with Crippen LogP contribution in [0.15, 0.2) is 0 Å². The highest BCUT2D eigenvalue weighted by molar-refractivity contribution is 5.68. The van der Waals surface area contributed by atoms with E-state index in [9.17, 15) is 4.79 Å². The predicted octanol–water partition coefficient (Wildman–Crippen LogP) is 1.62. The minimum atomic E-state index is -0.402. The number of amides is 1. The SMILES string of the molecule is CC(C)(C)OC(=O)N1CCC(CCNC2COC2)C1. The van der Waals surface area contributed by atoms with Crippen LogP contribution in [0.2, 0.25) is 0 Å². The maximum absolute atomic E-state index is 11.9. The van der Waals surface area contributed by atoms with E-state index in [1.807, 2.05) is 25.7 Å². The largest absolute Gasteiger partial charge is 0.444 e. The van der Waals surface area contributed by atoms with Gasteiger partial charge >= 0.3 is 6.09 Å². The molecule has 0 aromatic carbocycles. The number of nitrogens with zero attached hydrogens (tertiary/aromatic N) is 1. The number of hydrogen-bond donors (Lipinski definition) is 1. The molecule has 2 rings (SSSR count). The quantitative estimate of drug-likeness (QED) is 0.843. The highest BCUT2D eigenvalue weighted by Crippen LogP contribution is 2.21. The minimum absolute atomic E-state index is 0.171. The molecule has 2 saturated heterocycles. The minimum Gasteiger partial charge on any atom is -0.444 e. The van der Waals surface area contributed by atoms with Crippen molar-refractivity contribution in [2.75, 3.05) is 32.8 Å². The molecule has 5 nitrogen and oxygen atoms in total. The first-order chi connectivity index (χ1) is 8.94. The van der Waals surface area contributed by atoms with Crippen LogP contribution in [-0.2, 0) is 9.47 Å². The van der Waals surface area contributed by atoms with Crippen LogP contribution in [0.5, 0.6) is 0 Å². The molecular formula is C14H26N2O3. The lowest BCUT2D eigenvalue weighted by molar-refractivity contribution is -0.00533. The summed E-state index contributed by atoms with van der Waals surface area (Å²) < 4.78 is 10.5. The summed E-state index contributed by atoms with van der Waals surface area (Å²) in [6.45, 7) is 10.1. The van der Waals surface area contributed by atoms with E-state index in [0.717, 1.165) is 45.7 Å². The number of carbonyl (C=O) groups excluding carboxylic acids is 1. The number of likely N-dealkylation sites (tertiary alicyclic amines) is 1. The van der Waals surface area contributed by atoms with E-state index in [-0.39, 0.29) is 6.09 Å². The van der Waals surface area contributed by atoms with Crippen molar-refractivity contribution >= 4 is 6.09 Å². The molecule has 0 saturated carbocycles. The van der Waals surface area contributed by atoms with Crippen LogP contribution < -0.4 is 5.32 Å². The monoisotopic (exact) mass is 270 g/mol. The Morgan fingerprint density at radius 1 is 1.42 bits per heavy atom. The van der Waals surface area contributed by atoms with Crippen molar-refractivity contribution < 1.29 is 14.3 Å². The van der Waals surface area contributed by atoms with E-state index in [0.29, 0.717) is 12.0 Å². The number of ether oxygens (including phenoxy) is 2. The molecule has 0 aromatic heterocycles. The van der Waals surface area contributed by atoms with Gasteiger partial charge in [0.25, 0.3) is 0 Å². The average Bonchev–Trinajstić information content (AvgIpc) is 2.68. The van der Waals surface area contributed by atoms with Gasteiger partial charge in [-0.2, -0.15) is 0 Å². The Bertz CT molecular complexity index is 310. The third kappa shape index (κ3) is 4.66. The molecule has 2 aliphatic heterocycles. The molecule has 2 aliphatic rings. The highest BCUT2D eigenvalue weighted by Gasteiger charge is 2.29. The summed E-state index contributed by atoms with van der Waals surface area (Å²) in [5, 5.41) is 3.47. The van der Waals surface area contributed by atoms with Crippen molar-refractivity contribution in [3.63, 3.8) is 0 Å². The van der Waals surface area contributed by atoms with Gasteiger partial charge in [-0.05, 0) is 46.1 Å². The standard InChI is InChI=1S/C14H26N2O3/c1-14(2,3)19-13(17)16-7-5-11(8-16)4-6-15-12-9-18-10-12/h11-12,15H,4-10H2,1-3H3. The molecule has 1 unspecified atom stereocenters. The summed E-state index contributed by atoms with van der Waals surface area (Å²) in [7, 11) is 0. The Balaban J connectivity index is 1.63. The van der Waals surface area contributed by atoms with Crippen molar-refractivity contribution in [2.45, 2.75) is 45.3 Å². The van der Waals surface area contributed by atoms with Gasteiger partial charge in [0, 0.05) is 13.1 Å². The predicted molar refractivity (Wildman–Crippen MR) is 73.1 cm³/mol. The van der Waals surface area contributed by atoms with Gasteiger partial charge in [0.1, 0.15) is 5.60 Å². The molecular weight excluding hydrogens is 244 g/mol. The summed E-state index contributed by atoms with van der Waals surface area (Å²) in [5.74, 6) is 0.598. The maximum Gasteiger partial charge on any atom is 0.410 e. The first-order valence-electron chi connectivity index (χ1n) is 7.23.